The highest BCUT2D eigenvalue weighted by molar-refractivity contribution is 5.98. The number of carbonyl (C=O) groups is 1. The van der Waals surface area contributed by atoms with Crippen molar-refractivity contribution >= 4 is 34.9 Å². The first-order valence-electron chi connectivity index (χ1n) is 10.3. The Balaban J connectivity index is 1.39. The summed E-state index contributed by atoms with van der Waals surface area (Å²) < 4.78 is 5.82. The molecule has 8 heteroatoms. The number of anilines is 5. The van der Waals surface area contributed by atoms with Crippen LogP contribution in [0.15, 0.2) is 97.3 Å². The van der Waals surface area contributed by atoms with E-state index in [1.807, 2.05) is 54.6 Å². The molecule has 33 heavy (non-hydrogen) atoms. The van der Waals surface area contributed by atoms with Gasteiger partial charge in [-0.3, -0.25) is 4.79 Å². The molecule has 164 valence electrons. The molecule has 8 nitrogen and oxygen atoms in total. The van der Waals surface area contributed by atoms with Gasteiger partial charge in [0.1, 0.15) is 41.1 Å². The molecule has 4 rings (SSSR count). The van der Waals surface area contributed by atoms with Crippen molar-refractivity contribution in [3.8, 4) is 11.5 Å². The zero-order chi connectivity index (χ0) is 22.9. The van der Waals surface area contributed by atoms with E-state index < -0.39 is 0 Å². The lowest BCUT2D eigenvalue weighted by molar-refractivity contribution is -0.111. The van der Waals surface area contributed by atoms with E-state index in [4.69, 9.17) is 4.74 Å². The van der Waals surface area contributed by atoms with Gasteiger partial charge in [-0.1, -0.05) is 30.3 Å². The van der Waals surface area contributed by atoms with Crippen LogP contribution in [0.3, 0.4) is 0 Å². The van der Waals surface area contributed by atoms with Crippen molar-refractivity contribution in [2.45, 2.75) is 6.92 Å². The highest BCUT2D eigenvalue weighted by Crippen LogP contribution is 2.24. The second-order valence-corrected chi connectivity index (χ2v) is 6.88. The Morgan fingerprint density at radius 3 is 2.24 bits per heavy atom. The van der Waals surface area contributed by atoms with E-state index in [1.165, 1.54) is 12.4 Å². The van der Waals surface area contributed by atoms with Crippen molar-refractivity contribution in [2.24, 2.45) is 0 Å². The standard InChI is InChI=1S/C25H22N6O2/c1-2-7-25(32)31-22-11-6-10-21(29-22)30-24-16-23(26-17-27-24)28-18-12-14-20(15-13-18)33-19-8-4-3-5-9-19/h2-17H,1H3,(H3,26,27,28,29,30,31,32). The van der Waals surface area contributed by atoms with Crippen molar-refractivity contribution in [2.75, 3.05) is 16.0 Å². The third-order valence-corrected chi connectivity index (χ3v) is 4.35. The van der Waals surface area contributed by atoms with E-state index in [2.05, 4.69) is 30.9 Å². The third-order valence-electron chi connectivity index (χ3n) is 4.35. The van der Waals surface area contributed by atoms with E-state index in [1.54, 1.807) is 37.3 Å². The molecule has 3 N–H and O–H groups in total. The average molecular weight is 438 g/mol. The number of aromatic nitrogens is 3. The molecule has 2 aromatic carbocycles. The number of pyridine rings is 1. The molecule has 0 radical (unpaired) electrons. The van der Waals surface area contributed by atoms with Gasteiger partial charge in [0, 0.05) is 11.8 Å². The minimum Gasteiger partial charge on any atom is -0.457 e. The molecule has 0 atom stereocenters. The van der Waals surface area contributed by atoms with Gasteiger partial charge in [0.05, 0.1) is 0 Å². The van der Waals surface area contributed by atoms with Crippen molar-refractivity contribution in [1.82, 2.24) is 15.0 Å². The summed E-state index contributed by atoms with van der Waals surface area (Å²) >= 11 is 0. The Morgan fingerprint density at radius 1 is 0.788 bits per heavy atom. The van der Waals surface area contributed by atoms with Gasteiger partial charge in [0.2, 0.25) is 5.91 Å². The zero-order valence-corrected chi connectivity index (χ0v) is 17.9. The number of amides is 1. The van der Waals surface area contributed by atoms with Crippen molar-refractivity contribution in [3.63, 3.8) is 0 Å². The van der Waals surface area contributed by atoms with Gasteiger partial charge < -0.3 is 20.7 Å². The molecule has 0 fully saturated rings. The summed E-state index contributed by atoms with van der Waals surface area (Å²) in [5, 5.41) is 9.06. The van der Waals surface area contributed by atoms with E-state index >= 15 is 0 Å². The molecule has 0 saturated carbocycles. The van der Waals surface area contributed by atoms with Crippen LogP contribution in [0.1, 0.15) is 6.92 Å². The van der Waals surface area contributed by atoms with E-state index in [0.717, 1.165) is 17.2 Å². The highest BCUT2D eigenvalue weighted by Gasteiger charge is 2.05. The van der Waals surface area contributed by atoms with Gasteiger partial charge >= 0.3 is 0 Å². The maximum Gasteiger partial charge on any atom is 0.249 e. The number of allylic oxidation sites excluding steroid dienone is 1. The number of hydrogen-bond acceptors (Lipinski definition) is 7. The second kappa shape index (κ2) is 10.5. The number of rotatable bonds is 8. The predicted octanol–water partition coefficient (Wildman–Crippen LogP) is 5.67. The molecule has 0 bridgehead atoms. The van der Waals surface area contributed by atoms with E-state index in [9.17, 15) is 4.79 Å². The summed E-state index contributed by atoms with van der Waals surface area (Å²) in [4.78, 5) is 24.6. The largest absolute Gasteiger partial charge is 0.457 e. The minimum atomic E-state index is -0.240. The molecule has 0 aliphatic rings. The fraction of sp³-hybridized carbons (Fsp3) is 0.0400. The molecule has 0 spiro atoms. The quantitative estimate of drug-likeness (QED) is 0.305. The second-order valence-electron chi connectivity index (χ2n) is 6.88. The van der Waals surface area contributed by atoms with Gasteiger partial charge in [0.25, 0.3) is 0 Å². The van der Waals surface area contributed by atoms with Crippen molar-refractivity contribution in [3.05, 3.63) is 97.3 Å². The lowest BCUT2D eigenvalue weighted by Crippen LogP contribution is -2.09. The first-order chi connectivity index (χ1) is 16.2. The molecule has 4 aromatic rings. The molecule has 0 unspecified atom stereocenters. The van der Waals surface area contributed by atoms with Gasteiger partial charge in [0.15, 0.2) is 0 Å². The lowest BCUT2D eigenvalue weighted by atomic mass is 10.3. The molecule has 1 amide bonds. The fourth-order valence-corrected chi connectivity index (χ4v) is 2.90. The van der Waals surface area contributed by atoms with Crippen LogP contribution in [-0.2, 0) is 4.79 Å². The minimum absolute atomic E-state index is 0.240. The number of nitrogens with one attached hydrogen (secondary N) is 3. The van der Waals surface area contributed by atoms with E-state index in [-0.39, 0.29) is 5.91 Å². The van der Waals surface area contributed by atoms with Crippen LogP contribution in [-0.4, -0.2) is 20.9 Å². The molecule has 0 aliphatic heterocycles. The Hall–Kier alpha value is -4.72. The number of hydrogen-bond donors (Lipinski definition) is 3. The summed E-state index contributed by atoms with van der Waals surface area (Å²) in [6.45, 7) is 1.78. The smallest absolute Gasteiger partial charge is 0.249 e. The number of para-hydroxylation sites is 1. The number of ether oxygens (including phenoxy) is 1. The van der Waals surface area contributed by atoms with Gasteiger partial charge in [-0.05, 0) is 61.5 Å². The van der Waals surface area contributed by atoms with E-state index in [0.29, 0.717) is 23.3 Å². The Kier molecular flexibility index (Phi) is 6.87. The van der Waals surface area contributed by atoms with Crippen LogP contribution in [0, 0.1) is 0 Å². The first-order valence-corrected chi connectivity index (χ1v) is 10.3. The summed E-state index contributed by atoms with van der Waals surface area (Å²) in [5.41, 5.74) is 0.854. The lowest BCUT2D eigenvalue weighted by Gasteiger charge is -2.10. The predicted molar refractivity (Wildman–Crippen MR) is 129 cm³/mol. The topological polar surface area (TPSA) is 101 Å². The SMILES string of the molecule is CC=CC(=O)Nc1cccc(Nc2cc(Nc3ccc(Oc4ccccc4)cc3)ncn2)n1. The summed E-state index contributed by atoms with van der Waals surface area (Å²) in [6, 6.07) is 24.2. The van der Waals surface area contributed by atoms with Crippen LogP contribution in [0.2, 0.25) is 0 Å². The van der Waals surface area contributed by atoms with Crippen molar-refractivity contribution < 1.29 is 9.53 Å². The normalized spacial score (nSPS) is 10.6. The summed E-state index contributed by atoms with van der Waals surface area (Å²) in [7, 11) is 0. The molecule has 2 heterocycles. The zero-order valence-electron chi connectivity index (χ0n) is 17.9. The highest BCUT2D eigenvalue weighted by atomic mass is 16.5. The average Bonchev–Trinajstić information content (AvgIpc) is 2.82. The Morgan fingerprint density at radius 2 is 1.48 bits per heavy atom. The van der Waals surface area contributed by atoms with Gasteiger partial charge in [-0.15, -0.1) is 0 Å². The number of carbonyl (C=O) groups excluding carboxylic acids is 1. The van der Waals surface area contributed by atoms with Gasteiger partial charge in [-0.2, -0.15) is 0 Å². The first kappa shape index (κ1) is 21.5. The summed E-state index contributed by atoms with van der Waals surface area (Å²) in [6.07, 6.45) is 4.55. The number of nitrogens with zero attached hydrogens (tertiary/aromatic N) is 3. The van der Waals surface area contributed by atoms with Crippen LogP contribution >= 0.6 is 0 Å². The van der Waals surface area contributed by atoms with Crippen molar-refractivity contribution in [1.29, 1.82) is 0 Å². The van der Waals surface area contributed by atoms with Crippen LogP contribution in [0.25, 0.3) is 0 Å². The Labute approximate surface area is 191 Å². The summed E-state index contributed by atoms with van der Waals surface area (Å²) in [5.74, 6) is 3.43. The van der Waals surface area contributed by atoms with Crippen LogP contribution in [0.4, 0.5) is 29.0 Å². The molecule has 2 aromatic heterocycles. The fourth-order valence-electron chi connectivity index (χ4n) is 2.90. The Bertz CT molecular complexity index is 1240. The number of benzene rings is 2. The van der Waals surface area contributed by atoms with Gasteiger partial charge in [-0.25, -0.2) is 15.0 Å². The maximum absolute atomic E-state index is 11.7. The van der Waals surface area contributed by atoms with Crippen LogP contribution in [0.5, 0.6) is 11.5 Å². The monoisotopic (exact) mass is 438 g/mol. The third kappa shape index (κ3) is 6.38. The molecular formula is C25H22N6O2. The molecule has 0 saturated heterocycles. The molecule has 0 aliphatic carbocycles. The maximum atomic E-state index is 11.7. The molecular weight excluding hydrogens is 416 g/mol. The van der Waals surface area contributed by atoms with Crippen LogP contribution < -0.4 is 20.7 Å².